The molecule has 1 saturated heterocycles. The molecule has 0 aromatic rings. The predicted octanol–water partition coefficient (Wildman–Crippen LogP) is 2.23. The zero-order valence-electron chi connectivity index (χ0n) is 7.79. The molecular formula is C9H15BrO3. The maximum Gasteiger partial charge on any atom is 0.308 e. The third-order valence-corrected chi connectivity index (χ3v) is 2.79. The summed E-state index contributed by atoms with van der Waals surface area (Å²) in [5, 5.41) is 0. The summed E-state index contributed by atoms with van der Waals surface area (Å²) in [6, 6.07) is 0. The summed E-state index contributed by atoms with van der Waals surface area (Å²) in [5.41, 5.74) is 0. The first-order chi connectivity index (χ1) is 6.24. The topological polar surface area (TPSA) is 35.5 Å². The van der Waals surface area contributed by atoms with E-state index in [4.69, 9.17) is 9.47 Å². The molecule has 0 bridgehead atoms. The Morgan fingerprint density at radius 2 is 2.46 bits per heavy atom. The van der Waals surface area contributed by atoms with Gasteiger partial charge in [0.1, 0.15) is 0 Å². The molecule has 0 radical (unpaired) electrons. The van der Waals surface area contributed by atoms with Crippen molar-refractivity contribution in [2.24, 2.45) is 0 Å². The van der Waals surface area contributed by atoms with Crippen LogP contribution in [0.2, 0.25) is 0 Å². The molecule has 4 heteroatoms. The number of carbonyl (C=O) groups is 1. The Morgan fingerprint density at radius 1 is 1.69 bits per heavy atom. The Hall–Kier alpha value is -0.0900. The van der Waals surface area contributed by atoms with E-state index < -0.39 is 0 Å². The number of carbonyl (C=O) groups excluding carboxylic acids is 1. The Labute approximate surface area is 86.9 Å². The maximum absolute atomic E-state index is 11.1. The van der Waals surface area contributed by atoms with E-state index in [2.05, 4.69) is 15.9 Å². The third-order valence-electron chi connectivity index (χ3n) is 1.90. The van der Waals surface area contributed by atoms with Crippen molar-refractivity contribution < 1.29 is 14.3 Å². The molecular weight excluding hydrogens is 236 g/mol. The minimum Gasteiger partial charge on any atom is -0.434 e. The van der Waals surface area contributed by atoms with Gasteiger partial charge in [0.15, 0.2) is 0 Å². The summed E-state index contributed by atoms with van der Waals surface area (Å²) in [6.07, 6.45) is 2.94. The first kappa shape index (κ1) is 11.0. The quantitative estimate of drug-likeness (QED) is 0.570. The van der Waals surface area contributed by atoms with Crippen molar-refractivity contribution in [3.8, 4) is 0 Å². The van der Waals surface area contributed by atoms with Gasteiger partial charge in [-0.25, -0.2) is 0 Å². The standard InChI is InChI=1S/C9H15BrO3/c1-2-4-8(11)13-9-7(10)5-3-6-12-9/h7,9H,2-6H2,1H3/t7-,9+/m0/s1. The highest BCUT2D eigenvalue weighted by Gasteiger charge is 2.26. The first-order valence-electron chi connectivity index (χ1n) is 4.69. The second-order valence-electron chi connectivity index (χ2n) is 3.14. The number of halogens is 1. The second kappa shape index (κ2) is 5.60. The minimum atomic E-state index is -0.382. The van der Waals surface area contributed by atoms with Gasteiger partial charge in [0.05, 0.1) is 11.4 Å². The molecule has 0 spiro atoms. The summed E-state index contributed by atoms with van der Waals surface area (Å²) in [6.45, 7) is 2.64. The van der Waals surface area contributed by atoms with Crippen molar-refractivity contribution in [1.82, 2.24) is 0 Å². The molecule has 0 unspecified atom stereocenters. The van der Waals surface area contributed by atoms with E-state index in [0.29, 0.717) is 13.0 Å². The van der Waals surface area contributed by atoms with Gasteiger partial charge in [-0.3, -0.25) is 4.79 Å². The van der Waals surface area contributed by atoms with Gasteiger partial charge < -0.3 is 9.47 Å². The van der Waals surface area contributed by atoms with Crippen LogP contribution in [0, 0.1) is 0 Å². The molecule has 1 aliphatic heterocycles. The molecule has 2 atom stereocenters. The second-order valence-corrected chi connectivity index (χ2v) is 4.31. The lowest BCUT2D eigenvalue weighted by atomic mass is 10.2. The van der Waals surface area contributed by atoms with E-state index in [1.807, 2.05) is 6.92 Å². The van der Waals surface area contributed by atoms with Crippen molar-refractivity contribution in [3.05, 3.63) is 0 Å². The first-order valence-corrected chi connectivity index (χ1v) is 5.60. The van der Waals surface area contributed by atoms with E-state index in [0.717, 1.165) is 19.3 Å². The molecule has 0 amide bonds. The molecule has 0 aromatic heterocycles. The minimum absolute atomic E-state index is 0.155. The number of rotatable bonds is 3. The molecule has 0 aliphatic carbocycles. The van der Waals surface area contributed by atoms with E-state index >= 15 is 0 Å². The zero-order valence-corrected chi connectivity index (χ0v) is 9.38. The normalized spacial score (nSPS) is 28.5. The third kappa shape index (κ3) is 3.65. The summed E-state index contributed by atoms with van der Waals surface area (Å²) in [7, 11) is 0. The van der Waals surface area contributed by atoms with Crippen LogP contribution in [0.25, 0.3) is 0 Å². The number of ether oxygens (including phenoxy) is 2. The summed E-state index contributed by atoms with van der Waals surface area (Å²) in [5.74, 6) is -0.168. The van der Waals surface area contributed by atoms with Crippen molar-refractivity contribution in [2.45, 2.75) is 43.7 Å². The fourth-order valence-corrected chi connectivity index (χ4v) is 1.80. The summed E-state index contributed by atoms with van der Waals surface area (Å²) >= 11 is 3.43. The average molecular weight is 251 g/mol. The average Bonchev–Trinajstić information content (AvgIpc) is 2.09. The molecule has 1 rings (SSSR count). The van der Waals surface area contributed by atoms with Gasteiger partial charge in [-0.15, -0.1) is 0 Å². The van der Waals surface area contributed by atoms with Crippen LogP contribution >= 0.6 is 15.9 Å². The highest BCUT2D eigenvalue weighted by molar-refractivity contribution is 9.09. The molecule has 1 fully saturated rings. The Bertz CT molecular complexity index is 172. The van der Waals surface area contributed by atoms with E-state index in [1.54, 1.807) is 0 Å². The fraction of sp³-hybridized carbons (Fsp3) is 0.889. The van der Waals surface area contributed by atoms with Crippen LogP contribution in [0.5, 0.6) is 0 Å². The summed E-state index contributed by atoms with van der Waals surface area (Å²) < 4.78 is 10.5. The van der Waals surface area contributed by atoms with Crippen LogP contribution in [0.1, 0.15) is 32.6 Å². The van der Waals surface area contributed by atoms with Crippen molar-refractivity contribution in [3.63, 3.8) is 0 Å². The van der Waals surface area contributed by atoms with E-state index in [-0.39, 0.29) is 17.1 Å². The van der Waals surface area contributed by atoms with Gasteiger partial charge >= 0.3 is 5.97 Å². The van der Waals surface area contributed by atoms with Crippen LogP contribution in [0.15, 0.2) is 0 Å². The highest BCUT2D eigenvalue weighted by atomic mass is 79.9. The molecule has 0 N–H and O–H groups in total. The Morgan fingerprint density at radius 3 is 3.08 bits per heavy atom. The molecule has 3 nitrogen and oxygen atoms in total. The van der Waals surface area contributed by atoms with Crippen LogP contribution in [0.4, 0.5) is 0 Å². The maximum atomic E-state index is 11.1. The lowest BCUT2D eigenvalue weighted by Crippen LogP contribution is -2.34. The van der Waals surface area contributed by atoms with Gasteiger partial charge in [-0.1, -0.05) is 22.9 Å². The highest BCUT2D eigenvalue weighted by Crippen LogP contribution is 2.22. The Balaban J connectivity index is 2.29. The van der Waals surface area contributed by atoms with Crippen LogP contribution in [0.3, 0.4) is 0 Å². The molecule has 1 aliphatic rings. The van der Waals surface area contributed by atoms with E-state index in [9.17, 15) is 4.79 Å². The van der Waals surface area contributed by atoms with Crippen LogP contribution in [-0.2, 0) is 14.3 Å². The lowest BCUT2D eigenvalue weighted by molar-refractivity contribution is -0.184. The van der Waals surface area contributed by atoms with Crippen molar-refractivity contribution in [2.75, 3.05) is 6.61 Å². The van der Waals surface area contributed by atoms with Crippen molar-refractivity contribution >= 4 is 21.9 Å². The predicted molar refractivity (Wildman–Crippen MR) is 52.7 cm³/mol. The van der Waals surface area contributed by atoms with Crippen molar-refractivity contribution in [1.29, 1.82) is 0 Å². The lowest BCUT2D eigenvalue weighted by Gasteiger charge is -2.27. The van der Waals surface area contributed by atoms with Gasteiger partial charge in [0.25, 0.3) is 0 Å². The van der Waals surface area contributed by atoms with Gasteiger partial charge in [0, 0.05) is 6.42 Å². The fourth-order valence-electron chi connectivity index (χ4n) is 1.22. The number of hydrogen-bond donors (Lipinski definition) is 0. The summed E-state index contributed by atoms with van der Waals surface area (Å²) in [4.78, 5) is 11.3. The largest absolute Gasteiger partial charge is 0.434 e. The SMILES string of the molecule is CCCC(=O)O[C@H]1OCCC[C@@H]1Br. The van der Waals surface area contributed by atoms with Crippen LogP contribution in [-0.4, -0.2) is 23.7 Å². The Kier molecular flexibility index (Phi) is 4.73. The van der Waals surface area contributed by atoms with Crippen LogP contribution < -0.4 is 0 Å². The zero-order chi connectivity index (χ0) is 9.68. The number of esters is 1. The number of alkyl halides is 1. The van der Waals surface area contributed by atoms with E-state index in [1.165, 1.54) is 0 Å². The van der Waals surface area contributed by atoms with Gasteiger partial charge in [-0.2, -0.15) is 0 Å². The smallest absolute Gasteiger partial charge is 0.308 e. The number of hydrogen-bond acceptors (Lipinski definition) is 3. The molecule has 0 aromatic carbocycles. The monoisotopic (exact) mass is 250 g/mol. The van der Waals surface area contributed by atoms with Gasteiger partial charge in [0.2, 0.25) is 6.29 Å². The van der Waals surface area contributed by atoms with Gasteiger partial charge in [-0.05, 0) is 19.3 Å². The molecule has 1 heterocycles. The molecule has 13 heavy (non-hydrogen) atoms. The molecule has 76 valence electrons. The molecule has 0 saturated carbocycles.